The molecule has 1 saturated heterocycles. The van der Waals surface area contributed by atoms with Crippen molar-refractivity contribution in [3.8, 4) is 0 Å². The molecule has 0 aromatic heterocycles. The van der Waals surface area contributed by atoms with Crippen LogP contribution in [0.1, 0.15) is 19.3 Å². The van der Waals surface area contributed by atoms with Crippen LogP contribution in [-0.4, -0.2) is 56.9 Å². The highest BCUT2D eigenvalue weighted by molar-refractivity contribution is 6.33. The van der Waals surface area contributed by atoms with Gasteiger partial charge in [0.1, 0.15) is 6.61 Å². The Morgan fingerprint density at radius 3 is 2.84 bits per heavy atom. The number of likely N-dealkylation sites (N-methyl/N-ethyl adjacent to an activating group) is 1. The van der Waals surface area contributed by atoms with Crippen LogP contribution >= 0.6 is 11.6 Å². The minimum atomic E-state index is -0.284. The third-order valence-electron chi connectivity index (χ3n) is 3.87. The summed E-state index contributed by atoms with van der Waals surface area (Å²) in [4.78, 5) is 25.5. The molecule has 7 nitrogen and oxygen atoms in total. The second kappa shape index (κ2) is 9.60. The van der Waals surface area contributed by atoms with E-state index in [1.54, 1.807) is 30.1 Å². The maximum absolute atomic E-state index is 12.4. The van der Waals surface area contributed by atoms with Crippen LogP contribution in [0.5, 0.6) is 0 Å². The molecule has 0 unspecified atom stereocenters. The Labute approximate surface area is 152 Å². The molecule has 0 bridgehead atoms. The minimum absolute atomic E-state index is 0.0472. The first kappa shape index (κ1) is 19.5. The molecule has 2 rings (SSSR count). The number of ether oxygens (including phenoxy) is 2. The fourth-order valence-electron chi connectivity index (χ4n) is 2.58. The van der Waals surface area contributed by atoms with E-state index in [-0.39, 0.29) is 24.6 Å². The third-order valence-corrected chi connectivity index (χ3v) is 4.19. The zero-order chi connectivity index (χ0) is 18.2. The fourth-order valence-corrected chi connectivity index (χ4v) is 2.74. The van der Waals surface area contributed by atoms with E-state index >= 15 is 0 Å². The Balaban J connectivity index is 1.95. The molecule has 1 aliphatic heterocycles. The van der Waals surface area contributed by atoms with Crippen molar-refractivity contribution < 1.29 is 19.1 Å². The van der Waals surface area contributed by atoms with Crippen molar-refractivity contribution in [3.63, 3.8) is 0 Å². The topological polar surface area (TPSA) is 79.9 Å². The van der Waals surface area contributed by atoms with Crippen molar-refractivity contribution in [2.24, 2.45) is 0 Å². The number of hydrogen-bond acceptors (Lipinski definition) is 4. The molecule has 0 spiro atoms. The van der Waals surface area contributed by atoms with E-state index in [0.29, 0.717) is 22.9 Å². The molecule has 0 aliphatic carbocycles. The molecule has 2 N–H and O–H groups in total. The summed E-state index contributed by atoms with van der Waals surface area (Å²) >= 11 is 6.14. The number of benzene rings is 1. The highest BCUT2D eigenvalue weighted by atomic mass is 35.5. The van der Waals surface area contributed by atoms with Crippen LogP contribution in [-0.2, 0) is 14.3 Å². The average Bonchev–Trinajstić information content (AvgIpc) is 2.59. The van der Waals surface area contributed by atoms with Crippen LogP contribution in [0.15, 0.2) is 18.2 Å². The van der Waals surface area contributed by atoms with E-state index in [2.05, 4.69) is 10.6 Å². The van der Waals surface area contributed by atoms with Crippen molar-refractivity contribution >= 4 is 34.9 Å². The summed E-state index contributed by atoms with van der Waals surface area (Å²) in [7, 11) is 3.16. The van der Waals surface area contributed by atoms with Crippen LogP contribution < -0.4 is 10.6 Å². The first-order valence-corrected chi connectivity index (χ1v) is 8.59. The molecule has 0 saturated carbocycles. The molecule has 1 heterocycles. The number of amides is 3. The van der Waals surface area contributed by atoms with E-state index in [1.807, 2.05) is 0 Å². The SMILES string of the molecule is COCC(=O)Nc1ccc(Cl)c(NC(=O)N(C)C[C@@H]2CCCCO2)c1. The van der Waals surface area contributed by atoms with Gasteiger partial charge >= 0.3 is 6.03 Å². The Hall–Kier alpha value is -1.83. The van der Waals surface area contributed by atoms with E-state index in [0.717, 1.165) is 25.9 Å². The molecule has 1 fully saturated rings. The quantitative estimate of drug-likeness (QED) is 0.807. The fraction of sp³-hybridized carbons (Fsp3) is 0.529. The summed E-state index contributed by atoms with van der Waals surface area (Å²) < 4.78 is 10.4. The molecule has 0 radical (unpaired) electrons. The zero-order valence-corrected chi connectivity index (χ0v) is 15.3. The first-order valence-electron chi connectivity index (χ1n) is 8.21. The summed E-state index contributed by atoms with van der Waals surface area (Å²) in [6.07, 6.45) is 3.22. The van der Waals surface area contributed by atoms with Gasteiger partial charge in [0.05, 0.1) is 16.8 Å². The summed E-state index contributed by atoms with van der Waals surface area (Å²) in [5.74, 6) is -0.284. The Kier molecular flexibility index (Phi) is 7.49. The molecule has 25 heavy (non-hydrogen) atoms. The maximum atomic E-state index is 12.4. The molecule has 1 atom stereocenters. The number of methoxy groups -OCH3 is 1. The van der Waals surface area contributed by atoms with Crippen LogP contribution in [0.3, 0.4) is 0 Å². The van der Waals surface area contributed by atoms with Crippen molar-refractivity contribution in [3.05, 3.63) is 23.2 Å². The van der Waals surface area contributed by atoms with Gasteiger partial charge in [-0.15, -0.1) is 0 Å². The van der Waals surface area contributed by atoms with Crippen molar-refractivity contribution in [1.29, 1.82) is 0 Å². The molecule has 138 valence electrons. The second-order valence-electron chi connectivity index (χ2n) is 5.98. The summed E-state index contributed by atoms with van der Waals surface area (Å²) in [5, 5.41) is 5.82. The highest BCUT2D eigenvalue weighted by Crippen LogP contribution is 2.26. The number of carbonyl (C=O) groups is 2. The Morgan fingerprint density at radius 1 is 1.36 bits per heavy atom. The number of hydrogen-bond donors (Lipinski definition) is 2. The molecule has 8 heteroatoms. The predicted molar refractivity (Wildman–Crippen MR) is 97.2 cm³/mol. The van der Waals surface area contributed by atoms with Gasteiger partial charge in [0.2, 0.25) is 5.91 Å². The van der Waals surface area contributed by atoms with Crippen LogP contribution in [0.2, 0.25) is 5.02 Å². The van der Waals surface area contributed by atoms with E-state index in [9.17, 15) is 9.59 Å². The van der Waals surface area contributed by atoms with E-state index < -0.39 is 0 Å². The van der Waals surface area contributed by atoms with Gasteiger partial charge in [0.25, 0.3) is 0 Å². The van der Waals surface area contributed by atoms with Crippen LogP contribution in [0.4, 0.5) is 16.2 Å². The van der Waals surface area contributed by atoms with Crippen molar-refractivity contribution in [2.45, 2.75) is 25.4 Å². The number of halogens is 1. The van der Waals surface area contributed by atoms with Crippen molar-refractivity contribution in [1.82, 2.24) is 4.90 Å². The molecular weight excluding hydrogens is 346 g/mol. The lowest BCUT2D eigenvalue weighted by atomic mass is 10.1. The van der Waals surface area contributed by atoms with Gasteiger partial charge in [-0.3, -0.25) is 4.79 Å². The zero-order valence-electron chi connectivity index (χ0n) is 14.5. The normalized spacial score (nSPS) is 17.0. The summed E-state index contributed by atoms with van der Waals surface area (Å²) in [6.45, 7) is 1.22. The molecule has 3 amide bonds. The van der Waals surface area contributed by atoms with Gasteiger partial charge < -0.3 is 25.0 Å². The molecular formula is C17H24ClN3O4. The third kappa shape index (κ3) is 6.19. The number of rotatable bonds is 6. The molecule has 1 aliphatic rings. The number of nitrogens with zero attached hydrogens (tertiary/aromatic N) is 1. The van der Waals surface area contributed by atoms with Gasteiger partial charge in [0, 0.05) is 33.0 Å². The minimum Gasteiger partial charge on any atom is -0.376 e. The number of anilines is 2. The van der Waals surface area contributed by atoms with Crippen LogP contribution in [0.25, 0.3) is 0 Å². The first-order chi connectivity index (χ1) is 12.0. The lowest BCUT2D eigenvalue weighted by molar-refractivity contribution is -0.119. The molecule has 1 aromatic carbocycles. The maximum Gasteiger partial charge on any atom is 0.321 e. The monoisotopic (exact) mass is 369 g/mol. The van der Waals surface area contributed by atoms with Crippen molar-refractivity contribution in [2.75, 3.05) is 44.5 Å². The summed E-state index contributed by atoms with van der Waals surface area (Å²) in [6, 6.07) is 4.60. The lowest BCUT2D eigenvalue weighted by Gasteiger charge is -2.27. The van der Waals surface area contributed by atoms with Gasteiger partial charge in [-0.1, -0.05) is 11.6 Å². The van der Waals surface area contributed by atoms with E-state index in [4.69, 9.17) is 21.1 Å². The van der Waals surface area contributed by atoms with Gasteiger partial charge in [-0.05, 0) is 37.5 Å². The van der Waals surface area contributed by atoms with Gasteiger partial charge in [0.15, 0.2) is 0 Å². The van der Waals surface area contributed by atoms with Gasteiger partial charge in [-0.25, -0.2) is 4.79 Å². The summed E-state index contributed by atoms with van der Waals surface area (Å²) in [5.41, 5.74) is 0.957. The predicted octanol–water partition coefficient (Wildman–Crippen LogP) is 2.96. The van der Waals surface area contributed by atoms with E-state index in [1.165, 1.54) is 7.11 Å². The number of carbonyl (C=O) groups excluding carboxylic acids is 2. The smallest absolute Gasteiger partial charge is 0.321 e. The second-order valence-corrected chi connectivity index (χ2v) is 6.38. The lowest BCUT2D eigenvalue weighted by Crippen LogP contribution is -2.39. The highest BCUT2D eigenvalue weighted by Gasteiger charge is 2.19. The molecule has 1 aromatic rings. The largest absolute Gasteiger partial charge is 0.376 e. The standard InChI is InChI=1S/C17H24ClN3O4/c1-21(10-13-5-3-4-8-25-13)17(23)20-15-9-12(6-7-14(15)18)19-16(22)11-24-2/h6-7,9,13H,3-5,8,10-11H2,1-2H3,(H,19,22)(H,20,23)/t13-/m0/s1. The Bertz CT molecular complexity index is 606. The average molecular weight is 370 g/mol. The number of nitrogens with one attached hydrogen (secondary N) is 2. The Morgan fingerprint density at radius 2 is 2.16 bits per heavy atom. The van der Waals surface area contributed by atoms with Gasteiger partial charge in [-0.2, -0.15) is 0 Å². The number of urea groups is 1. The van der Waals surface area contributed by atoms with Crippen LogP contribution in [0, 0.1) is 0 Å².